The summed E-state index contributed by atoms with van der Waals surface area (Å²) in [4.78, 5) is 4.08. The van der Waals surface area contributed by atoms with Crippen LogP contribution in [0.15, 0.2) is 36.7 Å². The fourth-order valence-electron chi connectivity index (χ4n) is 1.47. The largest absolute Gasteiger partial charge is 0.379 e. The third-order valence-electron chi connectivity index (χ3n) is 2.15. The van der Waals surface area contributed by atoms with Crippen molar-refractivity contribution in [3.05, 3.63) is 42.2 Å². The molecule has 1 aromatic carbocycles. The molecule has 0 aliphatic carbocycles. The Hall–Kier alpha value is -1.07. The fraction of sp³-hybridized carbons (Fsp3) is 0.0909. The summed E-state index contributed by atoms with van der Waals surface area (Å²) >= 11 is 1.34. The topological polar surface area (TPSA) is 62.8 Å². The zero-order valence-corrected chi connectivity index (χ0v) is 11.0. The molecule has 0 saturated carbocycles. The van der Waals surface area contributed by atoms with Gasteiger partial charge in [0.1, 0.15) is 0 Å². The van der Waals surface area contributed by atoms with Gasteiger partial charge in [-0.05, 0) is 17.0 Å². The molecule has 5 heteroatoms. The van der Waals surface area contributed by atoms with Crippen molar-refractivity contribution in [1.29, 1.82) is 5.41 Å². The molecular weight excluding hydrogens is 286 g/mol. The molecule has 84 valence electrons. The third-order valence-corrected chi connectivity index (χ3v) is 2.92. The zero-order chi connectivity index (χ0) is 10.7. The van der Waals surface area contributed by atoms with Crippen LogP contribution in [-0.2, 0) is 5.75 Å². The number of halogens is 1. The predicted octanol–water partition coefficient (Wildman–Crippen LogP) is 2.94. The average Bonchev–Trinajstić information content (AvgIpc) is 2.26. The number of rotatable bonds is 2. The van der Waals surface area contributed by atoms with E-state index in [1.165, 1.54) is 22.7 Å². The molecule has 2 rings (SSSR count). The molecule has 1 heterocycles. The molecule has 2 aromatic rings. The Labute approximate surface area is 109 Å². The quantitative estimate of drug-likeness (QED) is 0.662. The van der Waals surface area contributed by atoms with Gasteiger partial charge in [-0.25, -0.2) is 0 Å². The summed E-state index contributed by atoms with van der Waals surface area (Å²) in [5, 5.41) is 9.64. The third kappa shape index (κ3) is 2.96. The molecule has 0 radical (unpaired) electrons. The number of fused-ring (bicyclic) bond motifs is 1. The molecule has 0 saturated heterocycles. The number of amidine groups is 1. The van der Waals surface area contributed by atoms with E-state index in [1.807, 2.05) is 24.4 Å². The fourth-order valence-corrected chi connectivity index (χ4v) is 2.03. The lowest BCUT2D eigenvalue weighted by Gasteiger charge is -2.04. The maximum atomic E-state index is 7.18. The maximum Gasteiger partial charge on any atom is 0.151 e. The van der Waals surface area contributed by atoms with Crippen LogP contribution in [0.5, 0.6) is 0 Å². The summed E-state index contributed by atoms with van der Waals surface area (Å²) < 4.78 is 0. The van der Waals surface area contributed by atoms with E-state index in [9.17, 15) is 0 Å². The van der Waals surface area contributed by atoms with Crippen LogP contribution >= 0.6 is 28.7 Å². The minimum Gasteiger partial charge on any atom is -0.379 e. The number of hydrogen-bond donors (Lipinski definition) is 2. The zero-order valence-electron chi connectivity index (χ0n) is 8.51. The Morgan fingerprint density at radius 3 is 2.94 bits per heavy atom. The van der Waals surface area contributed by atoms with Crippen LogP contribution in [0.2, 0.25) is 0 Å². The Balaban J connectivity index is 0.00000128. The highest BCUT2D eigenvalue weighted by atomic mass is 79.9. The number of aromatic nitrogens is 1. The van der Waals surface area contributed by atoms with Gasteiger partial charge in [-0.3, -0.25) is 10.4 Å². The number of pyridine rings is 1. The highest BCUT2D eigenvalue weighted by Gasteiger charge is 2.01. The second kappa shape index (κ2) is 5.86. The monoisotopic (exact) mass is 297 g/mol. The SMILES string of the molecule is Br.N=C(N)SCc1cccc2cnccc12. The molecular formula is C11H12BrN3S. The minimum atomic E-state index is 0. The van der Waals surface area contributed by atoms with Gasteiger partial charge in [-0.15, -0.1) is 17.0 Å². The lowest BCUT2D eigenvalue weighted by atomic mass is 10.1. The van der Waals surface area contributed by atoms with Gasteiger partial charge in [0.05, 0.1) is 0 Å². The number of benzene rings is 1. The van der Waals surface area contributed by atoms with E-state index in [-0.39, 0.29) is 22.1 Å². The van der Waals surface area contributed by atoms with Gasteiger partial charge >= 0.3 is 0 Å². The minimum absolute atomic E-state index is 0. The highest BCUT2D eigenvalue weighted by molar-refractivity contribution is 8.93. The van der Waals surface area contributed by atoms with E-state index >= 15 is 0 Å². The van der Waals surface area contributed by atoms with Crippen molar-refractivity contribution in [3.8, 4) is 0 Å². The lowest BCUT2D eigenvalue weighted by molar-refractivity contribution is 1.35. The average molecular weight is 298 g/mol. The van der Waals surface area contributed by atoms with Crippen LogP contribution in [0.1, 0.15) is 5.56 Å². The van der Waals surface area contributed by atoms with E-state index in [1.54, 1.807) is 6.20 Å². The van der Waals surface area contributed by atoms with Crippen LogP contribution < -0.4 is 5.73 Å². The molecule has 1 aromatic heterocycles. The van der Waals surface area contributed by atoms with Crippen LogP contribution in [0.3, 0.4) is 0 Å². The number of nitrogens with zero attached hydrogens (tertiary/aromatic N) is 1. The van der Waals surface area contributed by atoms with E-state index in [4.69, 9.17) is 11.1 Å². The summed E-state index contributed by atoms with van der Waals surface area (Å²) in [6.45, 7) is 0. The summed E-state index contributed by atoms with van der Waals surface area (Å²) in [6.07, 6.45) is 3.63. The molecule has 0 amide bonds. The number of nitrogens with two attached hydrogens (primary N) is 1. The Kier molecular flexibility index (Phi) is 4.76. The molecule has 3 N–H and O–H groups in total. The second-order valence-corrected chi connectivity index (χ2v) is 4.18. The predicted molar refractivity (Wildman–Crippen MR) is 75.3 cm³/mol. The molecule has 0 fully saturated rings. The van der Waals surface area contributed by atoms with Crippen molar-refractivity contribution in [2.75, 3.05) is 0 Å². The van der Waals surface area contributed by atoms with Crippen molar-refractivity contribution < 1.29 is 0 Å². The van der Waals surface area contributed by atoms with Crippen LogP contribution in [0.25, 0.3) is 10.8 Å². The van der Waals surface area contributed by atoms with Crippen molar-refractivity contribution in [2.45, 2.75) is 5.75 Å². The van der Waals surface area contributed by atoms with Crippen molar-refractivity contribution in [2.24, 2.45) is 5.73 Å². The van der Waals surface area contributed by atoms with E-state index in [0.29, 0.717) is 0 Å². The summed E-state index contributed by atoms with van der Waals surface area (Å²) in [5.41, 5.74) is 6.51. The summed E-state index contributed by atoms with van der Waals surface area (Å²) in [6, 6.07) is 8.08. The van der Waals surface area contributed by atoms with E-state index in [0.717, 1.165) is 11.1 Å². The standard InChI is InChI=1S/C11H11N3S.BrH/c12-11(13)15-7-9-3-1-2-8-6-14-5-4-10(8)9;/h1-6H,7H2,(H3,12,13);1H. The van der Waals surface area contributed by atoms with Gasteiger partial charge in [0, 0.05) is 23.5 Å². The highest BCUT2D eigenvalue weighted by Crippen LogP contribution is 2.21. The van der Waals surface area contributed by atoms with Crippen molar-refractivity contribution in [1.82, 2.24) is 4.98 Å². The summed E-state index contributed by atoms with van der Waals surface area (Å²) in [7, 11) is 0. The first-order chi connectivity index (χ1) is 7.27. The summed E-state index contributed by atoms with van der Waals surface area (Å²) in [5.74, 6) is 0.733. The molecule has 0 atom stereocenters. The maximum absolute atomic E-state index is 7.18. The molecule has 0 aliphatic heterocycles. The normalized spacial score (nSPS) is 9.75. The Morgan fingerprint density at radius 2 is 2.19 bits per heavy atom. The van der Waals surface area contributed by atoms with Crippen LogP contribution in [-0.4, -0.2) is 10.2 Å². The van der Waals surface area contributed by atoms with Gasteiger partial charge in [0.25, 0.3) is 0 Å². The van der Waals surface area contributed by atoms with Crippen LogP contribution in [0, 0.1) is 5.41 Å². The van der Waals surface area contributed by atoms with Gasteiger partial charge in [0.2, 0.25) is 0 Å². The van der Waals surface area contributed by atoms with E-state index in [2.05, 4.69) is 11.1 Å². The van der Waals surface area contributed by atoms with Gasteiger partial charge in [-0.1, -0.05) is 30.0 Å². The van der Waals surface area contributed by atoms with Crippen molar-refractivity contribution >= 4 is 44.7 Å². The first-order valence-corrected chi connectivity index (χ1v) is 5.54. The smallest absolute Gasteiger partial charge is 0.151 e. The van der Waals surface area contributed by atoms with Crippen LogP contribution in [0.4, 0.5) is 0 Å². The number of thioether (sulfide) groups is 1. The Bertz CT molecular complexity index is 496. The molecule has 0 aliphatic rings. The molecule has 0 spiro atoms. The first-order valence-electron chi connectivity index (χ1n) is 4.56. The lowest BCUT2D eigenvalue weighted by Crippen LogP contribution is -2.03. The first kappa shape index (κ1) is 13.0. The van der Waals surface area contributed by atoms with Gasteiger partial charge in [-0.2, -0.15) is 0 Å². The van der Waals surface area contributed by atoms with Gasteiger partial charge in [0.15, 0.2) is 5.17 Å². The molecule has 0 bridgehead atoms. The van der Waals surface area contributed by atoms with Crippen molar-refractivity contribution in [3.63, 3.8) is 0 Å². The Morgan fingerprint density at radius 1 is 1.38 bits per heavy atom. The number of nitrogens with one attached hydrogen (secondary N) is 1. The number of hydrogen-bond acceptors (Lipinski definition) is 3. The molecule has 0 unspecified atom stereocenters. The van der Waals surface area contributed by atoms with Gasteiger partial charge < -0.3 is 5.73 Å². The molecule has 16 heavy (non-hydrogen) atoms. The molecule has 3 nitrogen and oxygen atoms in total. The second-order valence-electron chi connectivity index (χ2n) is 3.17. The van der Waals surface area contributed by atoms with E-state index < -0.39 is 0 Å².